The lowest BCUT2D eigenvalue weighted by Crippen LogP contribution is -2.45. The minimum absolute atomic E-state index is 0.621. The van der Waals surface area contributed by atoms with Gasteiger partial charge in [0.25, 0.3) is 0 Å². The summed E-state index contributed by atoms with van der Waals surface area (Å²) in [5.74, 6) is 0.894. The van der Waals surface area contributed by atoms with Crippen LogP contribution in [0.15, 0.2) is 30.3 Å². The number of benzene rings is 1. The minimum atomic E-state index is 0.621. The fourth-order valence-electron chi connectivity index (χ4n) is 5.07. The Labute approximate surface area is 147 Å². The second-order valence-electron chi connectivity index (χ2n) is 8.46. The zero-order chi connectivity index (χ0) is 16.2. The molecule has 3 saturated heterocycles. The summed E-state index contributed by atoms with van der Waals surface area (Å²) in [5.41, 5.74) is 2.09. The fourth-order valence-corrected chi connectivity index (χ4v) is 5.07. The van der Waals surface area contributed by atoms with Crippen molar-refractivity contribution in [2.75, 3.05) is 45.8 Å². The molecule has 3 heterocycles. The lowest BCUT2D eigenvalue weighted by molar-refractivity contribution is 0.0907. The second kappa shape index (κ2) is 7.55. The molecule has 3 aliphatic rings. The normalized spacial score (nSPS) is 28.4. The molecule has 0 bridgehead atoms. The van der Waals surface area contributed by atoms with E-state index < -0.39 is 0 Å². The van der Waals surface area contributed by atoms with Gasteiger partial charge in [0.05, 0.1) is 0 Å². The zero-order valence-corrected chi connectivity index (χ0v) is 15.1. The summed E-state index contributed by atoms with van der Waals surface area (Å²) in [7, 11) is 0. The molecule has 1 N–H and O–H groups in total. The SMILES string of the molecule is c1ccc(CN2CCC3(CCN(CC4CCCNC4)CC3)C2)cc1. The quantitative estimate of drug-likeness (QED) is 0.917. The lowest BCUT2D eigenvalue weighted by atomic mass is 9.77. The minimum Gasteiger partial charge on any atom is -0.316 e. The summed E-state index contributed by atoms with van der Waals surface area (Å²) in [6.45, 7) is 10.2. The number of hydrogen-bond acceptors (Lipinski definition) is 3. The summed E-state index contributed by atoms with van der Waals surface area (Å²) >= 11 is 0. The zero-order valence-electron chi connectivity index (χ0n) is 15.1. The predicted molar refractivity (Wildman–Crippen MR) is 100 cm³/mol. The molecule has 24 heavy (non-hydrogen) atoms. The van der Waals surface area contributed by atoms with Gasteiger partial charge in [0.2, 0.25) is 0 Å². The van der Waals surface area contributed by atoms with Crippen molar-refractivity contribution in [2.45, 2.75) is 38.6 Å². The van der Waals surface area contributed by atoms with Crippen LogP contribution in [0.1, 0.15) is 37.7 Å². The summed E-state index contributed by atoms with van der Waals surface area (Å²) in [5, 5.41) is 3.57. The first kappa shape index (κ1) is 16.6. The van der Waals surface area contributed by atoms with Crippen molar-refractivity contribution in [3.63, 3.8) is 0 Å². The predicted octanol–water partition coefficient (Wildman–Crippen LogP) is 2.97. The number of nitrogens with one attached hydrogen (secondary N) is 1. The maximum absolute atomic E-state index is 3.57. The fraction of sp³-hybridized carbons (Fsp3) is 0.714. The molecule has 3 nitrogen and oxygen atoms in total. The first-order valence-corrected chi connectivity index (χ1v) is 10.0. The van der Waals surface area contributed by atoms with Gasteiger partial charge in [0, 0.05) is 19.6 Å². The van der Waals surface area contributed by atoms with Crippen LogP contribution in [-0.4, -0.2) is 55.6 Å². The molecule has 0 amide bonds. The first-order chi connectivity index (χ1) is 11.8. The van der Waals surface area contributed by atoms with Gasteiger partial charge < -0.3 is 10.2 Å². The average Bonchev–Trinajstić information content (AvgIpc) is 3.01. The van der Waals surface area contributed by atoms with Crippen molar-refractivity contribution in [1.82, 2.24) is 15.1 Å². The molecule has 1 aromatic rings. The van der Waals surface area contributed by atoms with E-state index in [1.807, 2.05) is 0 Å². The molecule has 132 valence electrons. The average molecular weight is 328 g/mol. The van der Waals surface area contributed by atoms with E-state index in [0.29, 0.717) is 5.41 Å². The van der Waals surface area contributed by atoms with E-state index in [0.717, 1.165) is 12.5 Å². The molecule has 0 aromatic heterocycles. The number of piperidine rings is 2. The Bertz CT molecular complexity index is 501. The van der Waals surface area contributed by atoms with E-state index in [-0.39, 0.29) is 0 Å². The van der Waals surface area contributed by atoms with Gasteiger partial charge in [-0.3, -0.25) is 4.90 Å². The molecule has 1 aromatic carbocycles. The summed E-state index contributed by atoms with van der Waals surface area (Å²) < 4.78 is 0. The molecule has 0 aliphatic carbocycles. The van der Waals surface area contributed by atoms with Crippen LogP contribution in [0.3, 0.4) is 0 Å². The molecule has 0 saturated carbocycles. The van der Waals surface area contributed by atoms with Crippen molar-refractivity contribution >= 4 is 0 Å². The van der Waals surface area contributed by atoms with Gasteiger partial charge in [0.15, 0.2) is 0 Å². The molecular formula is C21H33N3. The Kier molecular flexibility index (Phi) is 5.21. The van der Waals surface area contributed by atoms with Crippen LogP contribution in [0, 0.1) is 11.3 Å². The lowest BCUT2D eigenvalue weighted by Gasteiger charge is -2.41. The van der Waals surface area contributed by atoms with Crippen LogP contribution in [0.25, 0.3) is 0 Å². The standard InChI is InChI=1S/C21H33N3/c1-2-5-19(6-3-1)16-24-14-10-21(18-24)8-12-23(13-9-21)17-20-7-4-11-22-15-20/h1-3,5-6,20,22H,4,7-18H2. The first-order valence-electron chi connectivity index (χ1n) is 10.0. The highest BCUT2D eigenvalue weighted by Gasteiger charge is 2.40. The Morgan fingerprint density at radius 2 is 1.75 bits per heavy atom. The molecule has 1 spiro atoms. The van der Waals surface area contributed by atoms with Crippen molar-refractivity contribution < 1.29 is 0 Å². The summed E-state index contributed by atoms with van der Waals surface area (Å²) in [6.07, 6.45) is 7.05. The third-order valence-corrected chi connectivity index (χ3v) is 6.60. The smallest absolute Gasteiger partial charge is 0.0233 e. The topological polar surface area (TPSA) is 18.5 Å². The largest absolute Gasteiger partial charge is 0.316 e. The van der Waals surface area contributed by atoms with Gasteiger partial charge >= 0.3 is 0 Å². The number of nitrogens with zero attached hydrogens (tertiary/aromatic N) is 2. The van der Waals surface area contributed by atoms with Crippen molar-refractivity contribution in [2.24, 2.45) is 11.3 Å². The molecule has 3 aliphatic heterocycles. The van der Waals surface area contributed by atoms with Crippen molar-refractivity contribution in [1.29, 1.82) is 0 Å². The van der Waals surface area contributed by atoms with Crippen LogP contribution in [0.4, 0.5) is 0 Å². The molecule has 4 rings (SSSR count). The van der Waals surface area contributed by atoms with Gasteiger partial charge in [-0.1, -0.05) is 30.3 Å². The molecule has 3 fully saturated rings. The molecule has 1 atom stereocenters. The van der Waals surface area contributed by atoms with E-state index in [1.165, 1.54) is 83.5 Å². The van der Waals surface area contributed by atoms with Gasteiger partial charge in [-0.15, -0.1) is 0 Å². The molecular weight excluding hydrogens is 294 g/mol. The maximum atomic E-state index is 3.57. The van der Waals surface area contributed by atoms with Crippen LogP contribution < -0.4 is 5.32 Å². The highest BCUT2D eigenvalue weighted by atomic mass is 15.2. The summed E-state index contributed by atoms with van der Waals surface area (Å²) in [6, 6.07) is 11.0. The highest BCUT2D eigenvalue weighted by molar-refractivity contribution is 5.15. The van der Waals surface area contributed by atoms with E-state index in [4.69, 9.17) is 0 Å². The second-order valence-corrected chi connectivity index (χ2v) is 8.46. The van der Waals surface area contributed by atoms with Crippen LogP contribution in [-0.2, 0) is 6.54 Å². The third-order valence-electron chi connectivity index (χ3n) is 6.60. The van der Waals surface area contributed by atoms with Crippen molar-refractivity contribution in [3.05, 3.63) is 35.9 Å². The highest BCUT2D eigenvalue weighted by Crippen LogP contribution is 2.41. The number of rotatable bonds is 4. The molecule has 0 radical (unpaired) electrons. The molecule has 1 unspecified atom stereocenters. The van der Waals surface area contributed by atoms with Crippen molar-refractivity contribution in [3.8, 4) is 0 Å². The van der Waals surface area contributed by atoms with E-state index in [9.17, 15) is 0 Å². The van der Waals surface area contributed by atoms with Gasteiger partial charge in [0.1, 0.15) is 0 Å². The number of likely N-dealkylation sites (tertiary alicyclic amines) is 2. The third kappa shape index (κ3) is 4.01. The number of hydrogen-bond donors (Lipinski definition) is 1. The summed E-state index contributed by atoms with van der Waals surface area (Å²) in [4.78, 5) is 5.44. The van der Waals surface area contributed by atoms with E-state index >= 15 is 0 Å². The van der Waals surface area contributed by atoms with E-state index in [2.05, 4.69) is 45.4 Å². The Balaban J connectivity index is 1.25. The van der Waals surface area contributed by atoms with Gasteiger partial charge in [-0.2, -0.15) is 0 Å². The monoisotopic (exact) mass is 327 g/mol. The van der Waals surface area contributed by atoms with Crippen LogP contribution in [0.5, 0.6) is 0 Å². The maximum Gasteiger partial charge on any atom is 0.0233 e. The van der Waals surface area contributed by atoms with Gasteiger partial charge in [-0.05, 0) is 81.7 Å². The van der Waals surface area contributed by atoms with Crippen LogP contribution in [0.2, 0.25) is 0 Å². The molecule has 3 heteroatoms. The van der Waals surface area contributed by atoms with E-state index in [1.54, 1.807) is 0 Å². The van der Waals surface area contributed by atoms with Gasteiger partial charge in [-0.25, -0.2) is 0 Å². The van der Waals surface area contributed by atoms with Crippen LogP contribution >= 0.6 is 0 Å². The Morgan fingerprint density at radius 1 is 1.00 bits per heavy atom. The Hall–Kier alpha value is -0.900. The Morgan fingerprint density at radius 3 is 2.46 bits per heavy atom.